The smallest absolute Gasteiger partial charge is 0.0784 e. The standard InChI is InChI=1S/C10H21PS3/c1-10(2,3)8-6-13-9(14-7-8)11(4,5)12/h8-9H,6-7H2,1-5H3. The average molecular weight is 268 g/mol. The predicted octanol–water partition coefficient (Wildman–Crippen LogP) is 4.15. The summed E-state index contributed by atoms with van der Waals surface area (Å²) in [6.07, 6.45) is 0. The highest BCUT2D eigenvalue weighted by molar-refractivity contribution is 8.33. The molecule has 84 valence electrons. The van der Waals surface area contributed by atoms with Crippen molar-refractivity contribution in [1.29, 1.82) is 0 Å². The summed E-state index contributed by atoms with van der Waals surface area (Å²) in [7, 11) is 0. The molecule has 0 atom stereocenters. The Morgan fingerprint density at radius 1 is 1.14 bits per heavy atom. The first-order chi connectivity index (χ1) is 6.21. The minimum absolute atomic E-state index is 0.467. The fraction of sp³-hybridized carbons (Fsp3) is 1.00. The van der Waals surface area contributed by atoms with Gasteiger partial charge < -0.3 is 0 Å². The van der Waals surface area contributed by atoms with Crippen LogP contribution < -0.4 is 0 Å². The largest absolute Gasteiger partial charge is 0.142 e. The highest BCUT2D eigenvalue weighted by atomic mass is 32.4. The molecule has 14 heavy (non-hydrogen) atoms. The molecule has 1 fully saturated rings. The van der Waals surface area contributed by atoms with Gasteiger partial charge in [-0.2, -0.15) is 0 Å². The van der Waals surface area contributed by atoms with Crippen molar-refractivity contribution in [2.24, 2.45) is 11.3 Å². The molecule has 1 rings (SSSR count). The van der Waals surface area contributed by atoms with Gasteiger partial charge in [0.25, 0.3) is 0 Å². The molecule has 0 amide bonds. The molecule has 0 nitrogen and oxygen atoms in total. The maximum atomic E-state index is 5.61. The van der Waals surface area contributed by atoms with Crippen LogP contribution in [0.15, 0.2) is 0 Å². The third-order valence-corrected chi connectivity index (χ3v) is 11.7. The van der Waals surface area contributed by atoms with E-state index in [9.17, 15) is 0 Å². The van der Waals surface area contributed by atoms with E-state index >= 15 is 0 Å². The van der Waals surface area contributed by atoms with Gasteiger partial charge in [0.05, 0.1) is 4.32 Å². The van der Waals surface area contributed by atoms with Crippen LogP contribution in [0.3, 0.4) is 0 Å². The second-order valence-electron chi connectivity index (χ2n) is 5.47. The van der Waals surface area contributed by atoms with Gasteiger partial charge in [-0.05, 0) is 42.2 Å². The summed E-state index contributed by atoms with van der Waals surface area (Å²) in [4.78, 5) is 0. The molecule has 1 heterocycles. The van der Waals surface area contributed by atoms with Gasteiger partial charge in [0.2, 0.25) is 0 Å². The second-order valence-corrected chi connectivity index (χ2v) is 15.0. The molecule has 4 heteroatoms. The third kappa shape index (κ3) is 3.73. The summed E-state index contributed by atoms with van der Waals surface area (Å²) >= 11 is 9.83. The van der Waals surface area contributed by atoms with Crippen LogP contribution in [-0.2, 0) is 11.8 Å². The van der Waals surface area contributed by atoms with Crippen LogP contribution in [0.2, 0.25) is 0 Å². The van der Waals surface area contributed by atoms with E-state index in [1.54, 1.807) is 0 Å². The molecule has 1 aliphatic rings. The molecule has 0 N–H and O–H groups in total. The molecule has 0 aromatic rings. The third-order valence-electron chi connectivity index (χ3n) is 2.61. The number of hydrogen-bond acceptors (Lipinski definition) is 3. The van der Waals surface area contributed by atoms with Crippen molar-refractivity contribution in [3.8, 4) is 0 Å². The Balaban J connectivity index is 2.51. The first-order valence-corrected chi connectivity index (χ1v) is 10.9. The van der Waals surface area contributed by atoms with Crippen molar-refractivity contribution in [3.63, 3.8) is 0 Å². The van der Waals surface area contributed by atoms with Crippen LogP contribution >= 0.6 is 29.6 Å². The van der Waals surface area contributed by atoms with E-state index in [0.717, 1.165) is 10.2 Å². The van der Waals surface area contributed by atoms with Gasteiger partial charge in [0.15, 0.2) is 0 Å². The maximum absolute atomic E-state index is 5.61. The van der Waals surface area contributed by atoms with Crippen LogP contribution in [0, 0.1) is 11.3 Å². The summed E-state index contributed by atoms with van der Waals surface area (Å²) in [6.45, 7) is 11.6. The Labute approximate surface area is 102 Å². The van der Waals surface area contributed by atoms with Crippen LogP contribution in [0.4, 0.5) is 0 Å². The monoisotopic (exact) mass is 268 g/mol. The number of hydrogen-bond donors (Lipinski definition) is 0. The first-order valence-electron chi connectivity index (χ1n) is 4.99. The Hall–Kier alpha value is 1.35. The van der Waals surface area contributed by atoms with E-state index in [1.807, 2.05) is 0 Å². The minimum atomic E-state index is -1.06. The van der Waals surface area contributed by atoms with Crippen molar-refractivity contribution in [2.75, 3.05) is 24.8 Å². The fourth-order valence-corrected chi connectivity index (χ4v) is 8.87. The van der Waals surface area contributed by atoms with E-state index in [-0.39, 0.29) is 0 Å². The lowest BCUT2D eigenvalue weighted by Gasteiger charge is -2.38. The van der Waals surface area contributed by atoms with Crippen molar-refractivity contribution in [1.82, 2.24) is 0 Å². The summed E-state index contributed by atoms with van der Waals surface area (Å²) < 4.78 is 0.719. The fourth-order valence-electron chi connectivity index (χ4n) is 1.35. The van der Waals surface area contributed by atoms with Gasteiger partial charge in [-0.15, -0.1) is 23.5 Å². The molecule has 1 saturated heterocycles. The zero-order valence-electron chi connectivity index (χ0n) is 9.74. The van der Waals surface area contributed by atoms with Crippen LogP contribution in [-0.4, -0.2) is 29.2 Å². The average Bonchev–Trinajstić information content (AvgIpc) is 2.01. The zero-order chi connectivity index (χ0) is 11.0. The zero-order valence-corrected chi connectivity index (χ0v) is 13.1. The molecular formula is C10H21PS3. The van der Waals surface area contributed by atoms with Gasteiger partial charge in [-0.25, -0.2) is 0 Å². The van der Waals surface area contributed by atoms with Crippen LogP contribution in [0.25, 0.3) is 0 Å². The molecular weight excluding hydrogens is 247 g/mol. The second kappa shape index (κ2) is 4.69. The maximum Gasteiger partial charge on any atom is 0.0784 e. The number of rotatable bonds is 1. The lowest BCUT2D eigenvalue weighted by atomic mass is 9.83. The summed E-state index contributed by atoms with van der Waals surface area (Å²) in [5.74, 6) is 3.47. The van der Waals surface area contributed by atoms with Crippen LogP contribution in [0.5, 0.6) is 0 Å². The van der Waals surface area contributed by atoms with E-state index in [2.05, 4.69) is 57.6 Å². The van der Waals surface area contributed by atoms with Gasteiger partial charge in [0, 0.05) is 0 Å². The van der Waals surface area contributed by atoms with Crippen molar-refractivity contribution < 1.29 is 0 Å². The minimum Gasteiger partial charge on any atom is -0.142 e. The van der Waals surface area contributed by atoms with E-state index in [4.69, 9.17) is 11.8 Å². The van der Waals surface area contributed by atoms with Gasteiger partial charge >= 0.3 is 0 Å². The van der Waals surface area contributed by atoms with Gasteiger partial charge in [0.1, 0.15) is 0 Å². The molecule has 0 spiro atoms. The topological polar surface area (TPSA) is 0 Å². The predicted molar refractivity (Wildman–Crippen MR) is 77.8 cm³/mol. The summed E-state index contributed by atoms with van der Waals surface area (Å²) in [5, 5.41) is 0. The molecule has 0 bridgehead atoms. The normalized spacial score (nSPS) is 30.4. The molecule has 0 radical (unpaired) electrons. The first kappa shape index (κ1) is 13.4. The Morgan fingerprint density at radius 2 is 1.57 bits per heavy atom. The molecule has 0 saturated carbocycles. The molecule has 0 unspecified atom stereocenters. The highest BCUT2D eigenvalue weighted by Crippen LogP contribution is 2.58. The van der Waals surface area contributed by atoms with Gasteiger partial charge in [-0.3, -0.25) is 0 Å². The lowest BCUT2D eigenvalue weighted by Crippen LogP contribution is -2.29. The van der Waals surface area contributed by atoms with Crippen LogP contribution in [0.1, 0.15) is 20.8 Å². The molecule has 0 aliphatic carbocycles. The highest BCUT2D eigenvalue weighted by Gasteiger charge is 2.33. The van der Waals surface area contributed by atoms with E-state index < -0.39 is 6.04 Å². The summed E-state index contributed by atoms with van der Waals surface area (Å²) in [6, 6.07) is -1.06. The van der Waals surface area contributed by atoms with Gasteiger partial charge in [-0.1, -0.05) is 32.6 Å². The van der Waals surface area contributed by atoms with E-state index in [0.29, 0.717) is 5.41 Å². The SMILES string of the molecule is CC(C)(C)C1CSC(P(C)(C)=S)SC1. The quantitative estimate of drug-likeness (QED) is 0.656. The molecule has 0 aromatic heterocycles. The van der Waals surface area contributed by atoms with Crippen molar-refractivity contribution in [2.45, 2.75) is 25.1 Å². The lowest BCUT2D eigenvalue weighted by molar-refractivity contribution is 0.293. The summed E-state index contributed by atoms with van der Waals surface area (Å²) in [5.41, 5.74) is 0.467. The Morgan fingerprint density at radius 3 is 1.86 bits per heavy atom. The van der Waals surface area contributed by atoms with Crippen molar-refractivity contribution >= 4 is 41.4 Å². The molecule has 0 aromatic carbocycles. The Bertz CT molecular complexity index is 230. The number of thioether (sulfide) groups is 2. The van der Waals surface area contributed by atoms with E-state index in [1.165, 1.54) is 11.5 Å². The Kier molecular flexibility index (Phi) is 4.49. The van der Waals surface area contributed by atoms with Crippen molar-refractivity contribution in [3.05, 3.63) is 0 Å². The molecule has 1 aliphatic heterocycles.